The summed E-state index contributed by atoms with van der Waals surface area (Å²) in [5.41, 5.74) is 2.42. The zero-order valence-corrected chi connectivity index (χ0v) is 11.2. The van der Waals surface area contributed by atoms with Gasteiger partial charge in [0.15, 0.2) is 5.65 Å². The summed E-state index contributed by atoms with van der Waals surface area (Å²) in [5.74, 6) is -0.199. The molecule has 4 rings (SSSR count). The summed E-state index contributed by atoms with van der Waals surface area (Å²) in [6, 6.07) is 7.86. The first-order valence-electron chi connectivity index (χ1n) is 6.26. The molecule has 0 saturated carbocycles. The standard InChI is InChI=1S/C13H10N4O2S/c18-12-9(5-6-19-12)20-13-15-11-10(16-17-13)7-3-1-2-4-8(7)14-11/h1-4,9H,5-6H2,(H,14,15,17). The number of nitrogens with one attached hydrogen (secondary N) is 1. The second-order valence-electron chi connectivity index (χ2n) is 4.52. The van der Waals surface area contributed by atoms with Crippen molar-refractivity contribution in [2.45, 2.75) is 16.8 Å². The van der Waals surface area contributed by atoms with Crippen molar-refractivity contribution in [2.75, 3.05) is 6.61 Å². The number of fused-ring (bicyclic) bond motifs is 3. The number of hydrogen-bond acceptors (Lipinski definition) is 6. The summed E-state index contributed by atoms with van der Waals surface area (Å²) in [4.78, 5) is 19.1. The van der Waals surface area contributed by atoms with E-state index in [4.69, 9.17) is 4.74 Å². The van der Waals surface area contributed by atoms with Crippen molar-refractivity contribution in [1.82, 2.24) is 20.2 Å². The number of nitrogens with zero attached hydrogens (tertiary/aromatic N) is 3. The molecule has 0 spiro atoms. The smallest absolute Gasteiger partial charge is 0.319 e. The Morgan fingerprint density at radius 2 is 2.20 bits per heavy atom. The number of cyclic esters (lactones) is 1. The minimum Gasteiger partial charge on any atom is -0.465 e. The summed E-state index contributed by atoms with van der Waals surface area (Å²) in [6.45, 7) is 0.471. The maximum absolute atomic E-state index is 11.5. The van der Waals surface area contributed by atoms with Gasteiger partial charge in [-0.05, 0) is 6.07 Å². The third kappa shape index (κ3) is 1.82. The van der Waals surface area contributed by atoms with Crippen LogP contribution in [0.5, 0.6) is 0 Å². The van der Waals surface area contributed by atoms with Gasteiger partial charge in [-0.15, -0.1) is 10.2 Å². The summed E-state index contributed by atoms with van der Waals surface area (Å²) in [7, 11) is 0. The molecule has 20 heavy (non-hydrogen) atoms. The van der Waals surface area contributed by atoms with Gasteiger partial charge in [-0.3, -0.25) is 4.79 Å². The number of H-pyrrole nitrogens is 1. The SMILES string of the molecule is O=C1OCCC1Sc1nnc2c(n1)[nH]c1ccccc12. The number of benzene rings is 1. The number of rotatable bonds is 2. The molecule has 2 aromatic heterocycles. The van der Waals surface area contributed by atoms with Gasteiger partial charge in [-0.25, -0.2) is 4.98 Å². The molecule has 0 bridgehead atoms. The van der Waals surface area contributed by atoms with Crippen molar-refractivity contribution >= 4 is 39.8 Å². The largest absolute Gasteiger partial charge is 0.465 e. The quantitative estimate of drug-likeness (QED) is 0.725. The summed E-state index contributed by atoms with van der Waals surface area (Å²) >= 11 is 1.30. The van der Waals surface area contributed by atoms with Crippen LogP contribution in [-0.2, 0) is 9.53 Å². The van der Waals surface area contributed by atoms with Crippen molar-refractivity contribution in [3.8, 4) is 0 Å². The first kappa shape index (κ1) is 11.7. The first-order valence-corrected chi connectivity index (χ1v) is 7.14. The molecular formula is C13H10N4O2S. The third-order valence-electron chi connectivity index (χ3n) is 3.24. The Morgan fingerprint density at radius 1 is 1.30 bits per heavy atom. The molecule has 0 aliphatic carbocycles. The lowest BCUT2D eigenvalue weighted by Crippen LogP contribution is -2.10. The number of carbonyl (C=O) groups is 1. The molecule has 3 aromatic rings. The maximum atomic E-state index is 11.5. The topological polar surface area (TPSA) is 80.8 Å². The fraction of sp³-hybridized carbons (Fsp3) is 0.231. The van der Waals surface area contributed by atoms with E-state index in [1.807, 2.05) is 24.3 Å². The molecular weight excluding hydrogens is 276 g/mol. The number of para-hydroxylation sites is 1. The van der Waals surface area contributed by atoms with Gasteiger partial charge in [0, 0.05) is 17.3 Å². The molecule has 0 amide bonds. The minimum absolute atomic E-state index is 0.199. The van der Waals surface area contributed by atoms with Crippen molar-refractivity contribution in [3.05, 3.63) is 24.3 Å². The average Bonchev–Trinajstić information content (AvgIpc) is 3.02. The van der Waals surface area contributed by atoms with Gasteiger partial charge >= 0.3 is 5.97 Å². The molecule has 100 valence electrons. The van der Waals surface area contributed by atoms with E-state index >= 15 is 0 Å². The molecule has 1 N–H and O–H groups in total. The monoisotopic (exact) mass is 286 g/mol. The predicted octanol–water partition coefficient (Wildman–Crippen LogP) is 1.91. The molecule has 1 unspecified atom stereocenters. The second kappa shape index (κ2) is 4.45. The number of aromatic nitrogens is 4. The zero-order chi connectivity index (χ0) is 13.5. The molecule has 0 radical (unpaired) electrons. The van der Waals surface area contributed by atoms with Crippen LogP contribution in [0.25, 0.3) is 22.1 Å². The van der Waals surface area contributed by atoms with E-state index in [-0.39, 0.29) is 11.2 Å². The number of ether oxygens (including phenoxy) is 1. The molecule has 1 fully saturated rings. The fourth-order valence-electron chi connectivity index (χ4n) is 2.27. The van der Waals surface area contributed by atoms with E-state index in [1.165, 1.54) is 11.8 Å². The van der Waals surface area contributed by atoms with Gasteiger partial charge in [0.05, 0.1) is 6.61 Å². The number of hydrogen-bond donors (Lipinski definition) is 1. The van der Waals surface area contributed by atoms with Crippen LogP contribution in [0.2, 0.25) is 0 Å². The summed E-state index contributed by atoms with van der Waals surface area (Å²) in [6.07, 6.45) is 0.692. The number of carbonyl (C=O) groups excluding carboxylic acids is 1. The Balaban J connectivity index is 1.75. The van der Waals surface area contributed by atoms with Crippen molar-refractivity contribution < 1.29 is 9.53 Å². The van der Waals surface area contributed by atoms with Crippen LogP contribution in [0.4, 0.5) is 0 Å². The van der Waals surface area contributed by atoms with Gasteiger partial charge in [0.1, 0.15) is 10.8 Å². The average molecular weight is 286 g/mol. The molecule has 7 heteroatoms. The highest BCUT2D eigenvalue weighted by Gasteiger charge is 2.28. The Hall–Kier alpha value is -2.15. The minimum atomic E-state index is -0.223. The maximum Gasteiger partial charge on any atom is 0.319 e. The van der Waals surface area contributed by atoms with Crippen molar-refractivity contribution in [3.63, 3.8) is 0 Å². The Kier molecular flexibility index (Phi) is 2.59. The fourth-order valence-corrected chi connectivity index (χ4v) is 3.13. The Morgan fingerprint density at radius 3 is 3.05 bits per heavy atom. The Labute approximate surface area is 117 Å². The Bertz CT molecular complexity index is 816. The predicted molar refractivity (Wildman–Crippen MR) is 74.4 cm³/mol. The highest BCUT2D eigenvalue weighted by Crippen LogP contribution is 2.28. The molecule has 1 aromatic carbocycles. The lowest BCUT2D eigenvalue weighted by atomic mass is 10.2. The van der Waals surface area contributed by atoms with E-state index in [9.17, 15) is 4.79 Å². The molecule has 1 saturated heterocycles. The van der Waals surface area contributed by atoms with Gasteiger partial charge < -0.3 is 9.72 Å². The van der Waals surface area contributed by atoms with Crippen LogP contribution < -0.4 is 0 Å². The normalized spacial score (nSPS) is 18.8. The number of aromatic amines is 1. The summed E-state index contributed by atoms with van der Waals surface area (Å²) < 4.78 is 4.93. The number of esters is 1. The molecule has 1 atom stereocenters. The molecule has 1 aliphatic rings. The third-order valence-corrected chi connectivity index (χ3v) is 4.33. The highest BCUT2D eigenvalue weighted by atomic mass is 32.2. The lowest BCUT2D eigenvalue weighted by Gasteiger charge is -2.02. The van der Waals surface area contributed by atoms with Crippen LogP contribution in [0.1, 0.15) is 6.42 Å². The van der Waals surface area contributed by atoms with Crippen molar-refractivity contribution in [1.29, 1.82) is 0 Å². The molecule has 6 nitrogen and oxygen atoms in total. The summed E-state index contributed by atoms with van der Waals surface area (Å²) in [5, 5.41) is 9.59. The lowest BCUT2D eigenvalue weighted by molar-refractivity contribution is -0.137. The van der Waals surface area contributed by atoms with Gasteiger partial charge in [0.2, 0.25) is 5.16 Å². The van der Waals surface area contributed by atoms with E-state index in [0.717, 1.165) is 16.4 Å². The van der Waals surface area contributed by atoms with Gasteiger partial charge in [0.25, 0.3) is 0 Å². The van der Waals surface area contributed by atoms with Gasteiger partial charge in [-0.1, -0.05) is 30.0 Å². The van der Waals surface area contributed by atoms with E-state index < -0.39 is 0 Å². The van der Waals surface area contributed by atoms with Crippen LogP contribution in [0, 0.1) is 0 Å². The zero-order valence-electron chi connectivity index (χ0n) is 10.4. The molecule has 1 aliphatic heterocycles. The van der Waals surface area contributed by atoms with Crippen LogP contribution in [0.3, 0.4) is 0 Å². The first-order chi connectivity index (χ1) is 9.81. The van der Waals surface area contributed by atoms with Crippen LogP contribution in [0.15, 0.2) is 29.4 Å². The van der Waals surface area contributed by atoms with Crippen LogP contribution >= 0.6 is 11.8 Å². The van der Waals surface area contributed by atoms with E-state index in [0.29, 0.717) is 23.8 Å². The second-order valence-corrected chi connectivity index (χ2v) is 5.69. The van der Waals surface area contributed by atoms with E-state index in [2.05, 4.69) is 20.2 Å². The van der Waals surface area contributed by atoms with E-state index in [1.54, 1.807) is 0 Å². The number of thioether (sulfide) groups is 1. The molecule has 3 heterocycles. The van der Waals surface area contributed by atoms with Crippen molar-refractivity contribution in [2.24, 2.45) is 0 Å². The van der Waals surface area contributed by atoms with Gasteiger partial charge in [-0.2, -0.15) is 0 Å². The van der Waals surface area contributed by atoms with Crippen LogP contribution in [-0.4, -0.2) is 38.0 Å². The highest BCUT2D eigenvalue weighted by molar-refractivity contribution is 8.00.